The van der Waals surface area contributed by atoms with Crippen LogP contribution in [0.1, 0.15) is 61.0 Å². The van der Waals surface area contributed by atoms with Gasteiger partial charge < -0.3 is 5.32 Å². The molecule has 1 atom stereocenters. The number of benzene rings is 1. The van der Waals surface area contributed by atoms with Gasteiger partial charge in [0.05, 0.1) is 0 Å². The molecule has 1 aliphatic heterocycles. The number of amides is 2. The number of hydrogen-bond acceptors (Lipinski definition) is 4. The zero-order valence-electron chi connectivity index (χ0n) is 15.8. The van der Waals surface area contributed by atoms with Crippen molar-refractivity contribution in [2.75, 3.05) is 6.54 Å². The molecule has 3 fully saturated rings. The number of hydrogen-bond donors (Lipinski definition) is 3. The molecule has 2 amide bonds. The van der Waals surface area contributed by atoms with Crippen LogP contribution < -0.4 is 10.8 Å². The molecule has 4 aliphatic rings. The lowest BCUT2D eigenvalue weighted by Gasteiger charge is -2.72. The number of carbonyl (C=O) groups is 2. The first kappa shape index (κ1) is 18.4. The lowest BCUT2D eigenvalue weighted by molar-refractivity contribution is -0.177. The van der Waals surface area contributed by atoms with Crippen LogP contribution in [0.3, 0.4) is 0 Å². The van der Waals surface area contributed by atoms with E-state index in [1.165, 1.54) is 6.07 Å². The van der Waals surface area contributed by atoms with E-state index in [4.69, 9.17) is 5.21 Å². The average molecular weight is 375 g/mol. The highest BCUT2D eigenvalue weighted by Gasteiger charge is 2.68. The SMILES string of the molecule is CC[C@H]1Cc2c(F)cc(C(=O)NO)cc2CN1CC12CC(NC(C)=O)(C1)C2. The van der Waals surface area contributed by atoms with Crippen LogP contribution in [-0.4, -0.2) is 40.0 Å². The van der Waals surface area contributed by atoms with Gasteiger partial charge in [0.25, 0.3) is 5.91 Å². The summed E-state index contributed by atoms with van der Waals surface area (Å²) in [4.78, 5) is 25.4. The summed E-state index contributed by atoms with van der Waals surface area (Å²) >= 11 is 0. The van der Waals surface area contributed by atoms with Crippen molar-refractivity contribution in [1.29, 1.82) is 0 Å². The van der Waals surface area contributed by atoms with Crippen LogP contribution in [0, 0.1) is 11.2 Å². The highest BCUT2D eigenvalue weighted by atomic mass is 19.1. The van der Waals surface area contributed by atoms with E-state index in [1.54, 1.807) is 18.5 Å². The fraction of sp³-hybridized carbons (Fsp3) is 0.600. The lowest BCUT2D eigenvalue weighted by atomic mass is 9.39. The molecule has 0 spiro atoms. The molecule has 1 aromatic carbocycles. The summed E-state index contributed by atoms with van der Waals surface area (Å²) in [7, 11) is 0. The summed E-state index contributed by atoms with van der Waals surface area (Å²) in [6.45, 7) is 5.22. The van der Waals surface area contributed by atoms with Gasteiger partial charge in [0.1, 0.15) is 5.82 Å². The summed E-state index contributed by atoms with van der Waals surface area (Å²) < 4.78 is 14.5. The van der Waals surface area contributed by atoms with Crippen LogP contribution in [0.15, 0.2) is 12.1 Å². The topological polar surface area (TPSA) is 81.7 Å². The number of halogens is 1. The highest BCUT2D eigenvalue weighted by Crippen LogP contribution is 2.67. The summed E-state index contributed by atoms with van der Waals surface area (Å²) in [6.07, 6.45) is 4.61. The molecule has 1 heterocycles. The molecule has 0 saturated heterocycles. The van der Waals surface area contributed by atoms with Crippen molar-refractivity contribution in [3.05, 3.63) is 34.6 Å². The quantitative estimate of drug-likeness (QED) is 0.544. The minimum atomic E-state index is -0.697. The molecule has 3 aliphatic carbocycles. The summed E-state index contributed by atoms with van der Waals surface area (Å²) in [5.74, 6) is -1.04. The Hall–Kier alpha value is -1.99. The van der Waals surface area contributed by atoms with Crippen molar-refractivity contribution in [1.82, 2.24) is 15.7 Å². The Bertz CT molecular complexity index is 790. The third-order valence-corrected chi connectivity index (χ3v) is 6.57. The molecular weight excluding hydrogens is 349 g/mol. The minimum absolute atomic E-state index is 0.0136. The second-order valence-corrected chi connectivity index (χ2v) is 8.70. The molecule has 6 nitrogen and oxygen atoms in total. The van der Waals surface area contributed by atoms with Crippen molar-refractivity contribution >= 4 is 11.8 Å². The van der Waals surface area contributed by atoms with E-state index >= 15 is 0 Å². The maximum Gasteiger partial charge on any atom is 0.274 e. The van der Waals surface area contributed by atoms with E-state index < -0.39 is 5.91 Å². The largest absolute Gasteiger partial charge is 0.351 e. The maximum atomic E-state index is 14.5. The molecule has 0 radical (unpaired) electrons. The van der Waals surface area contributed by atoms with Crippen molar-refractivity contribution in [3.8, 4) is 0 Å². The first-order valence-corrected chi connectivity index (χ1v) is 9.57. The molecule has 0 unspecified atom stereocenters. The normalized spacial score (nSPS) is 31.3. The van der Waals surface area contributed by atoms with Crippen LogP contribution >= 0.6 is 0 Å². The number of rotatable bonds is 5. The number of fused-ring (bicyclic) bond motifs is 1. The first-order chi connectivity index (χ1) is 12.8. The van der Waals surface area contributed by atoms with Crippen LogP contribution in [-0.2, 0) is 17.8 Å². The van der Waals surface area contributed by atoms with Gasteiger partial charge in [-0.25, -0.2) is 9.87 Å². The van der Waals surface area contributed by atoms with Crippen LogP contribution in [0.5, 0.6) is 0 Å². The Labute approximate surface area is 158 Å². The molecule has 2 bridgehead atoms. The number of hydroxylamine groups is 1. The number of nitrogens with zero attached hydrogens (tertiary/aromatic N) is 1. The molecule has 146 valence electrons. The molecule has 5 rings (SSSR count). The fourth-order valence-corrected chi connectivity index (χ4v) is 5.66. The Kier molecular flexibility index (Phi) is 4.27. The first-order valence-electron chi connectivity index (χ1n) is 9.57. The van der Waals surface area contributed by atoms with E-state index in [2.05, 4.69) is 17.1 Å². The lowest BCUT2D eigenvalue weighted by Crippen LogP contribution is -2.77. The van der Waals surface area contributed by atoms with Crippen molar-refractivity contribution in [2.24, 2.45) is 5.41 Å². The van der Waals surface area contributed by atoms with Crippen molar-refractivity contribution in [2.45, 2.75) is 64.1 Å². The van der Waals surface area contributed by atoms with Gasteiger partial charge in [0.15, 0.2) is 0 Å². The number of carbonyl (C=O) groups excluding carboxylic acids is 2. The van der Waals surface area contributed by atoms with Gasteiger partial charge in [-0.05, 0) is 60.8 Å². The third kappa shape index (κ3) is 3.02. The summed E-state index contributed by atoms with van der Waals surface area (Å²) in [5, 5.41) is 11.9. The molecule has 3 saturated carbocycles. The van der Waals surface area contributed by atoms with Gasteiger partial charge in [-0.3, -0.25) is 19.7 Å². The van der Waals surface area contributed by atoms with E-state index in [0.717, 1.165) is 37.8 Å². The Morgan fingerprint density at radius 3 is 2.63 bits per heavy atom. The van der Waals surface area contributed by atoms with Crippen molar-refractivity contribution in [3.63, 3.8) is 0 Å². The van der Waals surface area contributed by atoms with Crippen LogP contribution in [0.25, 0.3) is 0 Å². The van der Waals surface area contributed by atoms with Gasteiger partial charge in [0, 0.05) is 37.2 Å². The average Bonchev–Trinajstić information content (AvgIpc) is 2.57. The van der Waals surface area contributed by atoms with E-state index in [1.807, 2.05) is 0 Å². The predicted molar refractivity (Wildman–Crippen MR) is 96.7 cm³/mol. The highest BCUT2D eigenvalue weighted by molar-refractivity contribution is 5.93. The Balaban J connectivity index is 1.50. The minimum Gasteiger partial charge on any atom is -0.351 e. The van der Waals surface area contributed by atoms with E-state index in [-0.39, 0.29) is 34.3 Å². The summed E-state index contributed by atoms with van der Waals surface area (Å²) in [6, 6.07) is 3.16. The maximum absolute atomic E-state index is 14.5. The summed E-state index contributed by atoms with van der Waals surface area (Å²) in [5.41, 5.74) is 3.48. The van der Waals surface area contributed by atoms with Gasteiger partial charge in [-0.15, -0.1) is 0 Å². The van der Waals surface area contributed by atoms with E-state index in [9.17, 15) is 14.0 Å². The number of nitrogens with one attached hydrogen (secondary N) is 2. The standard InChI is InChI=1S/C20H26FN3O3/c1-3-15-6-16-14(4-13(5-17(16)21)18(26)23-27)7-24(15)11-19-8-20(9-19,10-19)22-12(2)25/h4-5,15,27H,3,6-11H2,1-2H3,(H,22,25)(H,23,26)/t15-,19?,20?/m0/s1. The second-order valence-electron chi connectivity index (χ2n) is 8.70. The third-order valence-electron chi connectivity index (χ3n) is 6.57. The molecule has 7 heteroatoms. The van der Waals surface area contributed by atoms with E-state index in [0.29, 0.717) is 18.5 Å². The van der Waals surface area contributed by atoms with Gasteiger partial charge in [0.2, 0.25) is 5.91 Å². The smallest absolute Gasteiger partial charge is 0.274 e. The van der Waals surface area contributed by atoms with Gasteiger partial charge in [-0.1, -0.05) is 6.92 Å². The van der Waals surface area contributed by atoms with Crippen LogP contribution in [0.4, 0.5) is 4.39 Å². The zero-order chi connectivity index (χ0) is 19.4. The zero-order valence-corrected chi connectivity index (χ0v) is 15.8. The van der Waals surface area contributed by atoms with Crippen molar-refractivity contribution < 1.29 is 19.2 Å². The van der Waals surface area contributed by atoms with Gasteiger partial charge in [-0.2, -0.15) is 0 Å². The molecular formula is C20H26FN3O3. The Morgan fingerprint density at radius 1 is 1.33 bits per heavy atom. The molecule has 0 aromatic heterocycles. The molecule has 27 heavy (non-hydrogen) atoms. The molecule has 3 N–H and O–H groups in total. The second kappa shape index (κ2) is 6.27. The Morgan fingerprint density at radius 2 is 2.04 bits per heavy atom. The van der Waals surface area contributed by atoms with Gasteiger partial charge >= 0.3 is 0 Å². The van der Waals surface area contributed by atoms with Crippen LogP contribution in [0.2, 0.25) is 0 Å². The predicted octanol–water partition coefficient (Wildman–Crippen LogP) is 2.14. The monoisotopic (exact) mass is 375 g/mol. The fourth-order valence-electron chi connectivity index (χ4n) is 5.66. The molecule has 1 aromatic rings.